The molecule has 0 aliphatic heterocycles. The number of rotatable bonds is 1. The lowest BCUT2D eigenvalue weighted by atomic mass is 10.1. The maximum absolute atomic E-state index is 4.98. The summed E-state index contributed by atoms with van der Waals surface area (Å²) in [6.07, 6.45) is 5.38. The number of benzene rings is 4. The molecule has 0 fully saturated rings. The van der Waals surface area contributed by atoms with Gasteiger partial charge in [0, 0.05) is 50.2 Å². The molecular formula is C28H15N5S. The summed E-state index contributed by atoms with van der Waals surface area (Å²) in [5.74, 6) is 0.659. The summed E-state index contributed by atoms with van der Waals surface area (Å²) < 4.78 is 4.70. The van der Waals surface area contributed by atoms with E-state index in [1.54, 1.807) is 12.4 Å². The van der Waals surface area contributed by atoms with E-state index in [-0.39, 0.29) is 0 Å². The van der Waals surface area contributed by atoms with Gasteiger partial charge in [-0.1, -0.05) is 48.5 Å². The molecule has 0 N–H and O–H groups in total. The average Bonchev–Trinajstić information content (AvgIpc) is 3.42. The molecule has 8 aromatic rings. The molecule has 0 amide bonds. The van der Waals surface area contributed by atoms with E-state index in [1.165, 1.54) is 25.6 Å². The van der Waals surface area contributed by atoms with Crippen molar-refractivity contribution in [3.05, 3.63) is 91.4 Å². The molecule has 158 valence electrons. The lowest BCUT2D eigenvalue weighted by molar-refractivity contribution is 1.01. The first-order valence-corrected chi connectivity index (χ1v) is 11.9. The molecule has 4 heterocycles. The molecule has 5 nitrogen and oxygen atoms in total. The monoisotopic (exact) mass is 453 g/mol. The van der Waals surface area contributed by atoms with Crippen molar-refractivity contribution in [2.75, 3.05) is 0 Å². The first kappa shape index (κ1) is 18.1. The third-order valence-electron chi connectivity index (χ3n) is 6.54. The van der Waals surface area contributed by atoms with Crippen molar-refractivity contribution in [3.8, 4) is 5.95 Å². The van der Waals surface area contributed by atoms with Crippen LogP contribution in [-0.2, 0) is 0 Å². The van der Waals surface area contributed by atoms with Crippen LogP contribution in [0, 0.1) is 0 Å². The quantitative estimate of drug-likeness (QED) is 0.267. The number of nitrogens with zero attached hydrogens (tertiary/aromatic N) is 5. The molecule has 0 aliphatic carbocycles. The third kappa shape index (κ3) is 2.37. The van der Waals surface area contributed by atoms with E-state index in [1.807, 2.05) is 41.8 Å². The molecule has 0 aliphatic rings. The van der Waals surface area contributed by atoms with Crippen molar-refractivity contribution in [2.45, 2.75) is 0 Å². The van der Waals surface area contributed by atoms with Crippen molar-refractivity contribution < 1.29 is 0 Å². The van der Waals surface area contributed by atoms with Crippen molar-refractivity contribution >= 4 is 75.3 Å². The fourth-order valence-electron chi connectivity index (χ4n) is 5.01. The lowest BCUT2D eigenvalue weighted by Gasteiger charge is -2.08. The molecule has 4 aromatic carbocycles. The van der Waals surface area contributed by atoms with Crippen LogP contribution in [0.4, 0.5) is 0 Å². The van der Waals surface area contributed by atoms with Crippen molar-refractivity contribution in [1.82, 2.24) is 24.5 Å². The SMILES string of the molecule is c1ccc2nc(-n3c4cc5nccnc5cc4c4ccc5c6ccccc6sc5c43)ncc2c1. The fourth-order valence-corrected chi connectivity index (χ4v) is 6.25. The summed E-state index contributed by atoms with van der Waals surface area (Å²) in [4.78, 5) is 18.9. The molecule has 0 saturated heterocycles. The molecule has 6 heteroatoms. The van der Waals surface area contributed by atoms with Crippen LogP contribution >= 0.6 is 11.3 Å². The van der Waals surface area contributed by atoms with E-state index in [0.29, 0.717) is 5.95 Å². The van der Waals surface area contributed by atoms with Crippen molar-refractivity contribution in [3.63, 3.8) is 0 Å². The largest absolute Gasteiger partial charge is 0.276 e. The number of hydrogen-bond acceptors (Lipinski definition) is 5. The molecule has 0 radical (unpaired) electrons. The topological polar surface area (TPSA) is 56.5 Å². The van der Waals surface area contributed by atoms with Gasteiger partial charge in [-0.05, 0) is 24.3 Å². The number of para-hydroxylation sites is 1. The van der Waals surface area contributed by atoms with Gasteiger partial charge in [-0.2, -0.15) is 0 Å². The standard InChI is InChI=1S/C28H15N5S/c1-3-7-21-16(5-1)15-31-28(32-21)33-24-14-23-22(29-11-12-30-23)13-20(24)18-9-10-19-17-6-2-4-8-25(17)34-27(19)26(18)33/h1-15H. The van der Waals surface area contributed by atoms with Gasteiger partial charge in [0.2, 0.25) is 5.95 Å². The van der Waals surface area contributed by atoms with Crippen molar-refractivity contribution in [2.24, 2.45) is 0 Å². The Morgan fingerprint density at radius 1 is 0.647 bits per heavy atom. The van der Waals surface area contributed by atoms with Gasteiger partial charge in [0.25, 0.3) is 0 Å². The Morgan fingerprint density at radius 3 is 2.38 bits per heavy atom. The van der Waals surface area contributed by atoms with Crippen LogP contribution in [0.3, 0.4) is 0 Å². The van der Waals surface area contributed by atoms with Gasteiger partial charge in [0.15, 0.2) is 0 Å². The Balaban J connectivity index is 1.62. The van der Waals surface area contributed by atoms with Gasteiger partial charge < -0.3 is 0 Å². The molecule has 34 heavy (non-hydrogen) atoms. The van der Waals surface area contributed by atoms with E-state index in [0.717, 1.165) is 38.4 Å². The highest BCUT2D eigenvalue weighted by atomic mass is 32.1. The van der Waals surface area contributed by atoms with E-state index in [9.17, 15) is 0 Å². The maximum Gasteiger partial charge on any atom is 0.235 e. The molecule has 4 aromatic heterocycles. The second-order valence-electron chi connectivity index (χ2n) is 8.42. The smallest absolute Gasteiger partial charge is 0.235 e. The fraction of sp³-hybridized carbons (Fsp3) is 0. The highest BCUT2D eigenvalue weighted by molar-refractivity contribution is 7.26. The van der Waals surface area contributed by atoms with E-state index in [2.05, 4.69) is 63.1 Å². The van der Waals surface area contributed by atoms with Crippen LogP contribution in [0.1, 0.15) is 0 Å². The minimum absolute atomic E-state index is 0.659. The van der Waals surface area contributed by atoms with Crippen LogP contribution in [0.5, 0.6) is 0 Å². The Hall–Kier alpha value is -4.42. The van der Waals surface area contributed by atoms with Crippen LogP contribution in [0.2, 0.25) is 0 Å². The molecule has 0 bridgehead atoms. The number of fused-ring (bicyclic) bond motifs is 9. The Bertz CT molecular complexity index is 2080. The molecule has 8 rings (SSSR count). The van der Waals surface area contributed by atoms with Gasteiger partial charge in [-0.15, -0.1) is 11.3 Å². The molecule has 0 unspecified atom stereocenters. The van der Waals surface area contributed by atoms with Gasteiger partial charge >= 0.3 is 0 Å². The number of hydrogen-bond donors (Lipinski definition) is 0. The zero-order chi connectivity index (χ0) is 22.2. The predicted molar refractivity (Wildman–Crippen MR) is 140 cm³/mol. The maximum atomic E-state index is 4.98. The average molecular weight is 454 g/mol. The molecule has 0 spiro atoms. The van der Waals surface area contributed by atoms with Crippen LogP contribution in [0.15, 0.2) is 91.4 Å². The minimum atomic E-state index is 0.659. The second-order valence-corrected chi connectivity index (χ2v) is 9.47. The van der Waals surface area contributed by atoms with E-state index >= 15 is 0 Å². The first-order valence-electron chi connectivity index (χ1n) is 11.1. The van der Waals surface area contributed by atoms with Gasteiger partial charge in [0.05, 0.1) is 32.3 Å². The second kappa shape index (κ2) is 6.56. The minimum Gasteiger partial charge on any atom is -0.276 e. The summed E-state index contributed by atoms with van der Waals surface area (Å²) in [5, 5.41) is 5.83. The number of thiophene rings is 1. The highest BCUT2D eigenvalue weighted by Crippen LogP contribution is 2.43. The van der Waals surface area contributed by atoms with Gasteiger partial charge in [-0.3, -0.25) is 14.5 Å². The summed E-state index contributed by atoms with van der Waals surface area (Å²) >= 11 is 1.82. The predicted octanol–water partition coefficient (Wildman–Crippen LogP) is 7.04. The number of aromatic nitrogens is 5. The van der Waals surface area contributed by atoms with Gasteiger partial charge in [-0.25, -0.2) is 9.97 Å². The van der Waals surface area contributed by atoms with E-state index in [4.69, 9.17) is 9.97 Å². The van der Waals surface area contributed by atoms with Gasteiger partial charge in [0.1, 0.15) is 0 Å². The van der Waals surface area contributed by atoms with E-state index < -0.39 is 0 Å². The Kier molecular flexibility index (Phi) is 3.48. The molecule has 0 saturated carbocycles. The molecular weight excluding hydrogens is 438 g/mol. The summed E-state index contributed by atoms with van der Waals surface area (Å²) in [6, 6.07) is 25.4. The third-order valence-corrected chi connectivity index (χ3v) is 7.73. The zero-order valence-electron chi connectivity index (χ0n) is 17.8. The van der Waals surface area contributed by atoms with Crippen LogP contribution in [-0.4, -0.2) is 24.5 Å². The van der Waals surface area contributed by atoms with Crippen molar-refractivity contribution in [1.29, 1.82) is 0 Å². The summed E-state index contributed by atoms with van der Waals surface area (Å²) in [6.45, 7) is 0. The zero-order valence-corrected chi connectivity index (χ0v) is 18.6. The Labute approximate surface area is 197 Å². The first-order chi connectivity index (χ1) is 16.8. The highest BCUT2D eigenvalue weighted by Gasteiger charge is 2.20. The normalized spacial score (nSPS) is 12.1. The lowest BCUT2D eigenvalue weighted by Crippen LogP contribution is -2.01. The van der Waals surface area contributed by atoms with Crippen LogP contribution < -0.4 is 0 Å². The Morgan fingerprint density at radius 2 is 1.44 bits per heavy atom. The summed E-state index contributed by atoms with van der Waals surface area (Å²) in [7, 11) is 0. The molecule has 0 atom stereocenters. The van der Waals surface area contributed by atoms with Crippen LogP contribution in [0.25, 0.3) is 69.9 Å². The summed E-state index contributed by atoms with van der Waals surface area (Å²) in [5.41, 5.74) is 4.81.